The summed E-state index contributed by atoms with van der Waals surface area (Å²) in [6, 6.07) is 4.59. The Labute approximate surface area is 162 Å². The summed E-state index contributed by atoms with van der Waals surface area (Å²) >= 11 is 1.41. The van der Waals surface area contributed by atoms with Gasteiger partial charge in [0.1, 0.15) is 11.0 Å². The number of thiazole rings is 1. The highest BCUT2D eigenvalue weighted by Gasteiger charge is 2.25. The number of carbonyl (C=O) groups excluding carboxylic acids is 1. The van der Waals surface area contributed by atoms with Crippen LogP contribution in [0.3, 0.4) is 0 Å². The maximum absolute atomic E-state index is 12.2. The summed E-state index contributed by atoms with van der Waals surface area (Å²) in [5, 5.41) is 14.4. The number of nitrogens with one attached hydrogen (secondary N) is 1. The van der Waals surface area contributed by atoms with E-state index in [-0.39, 0.29) is 18.2 Å². The monoisotopic (exact) mass is 392 g/mol. The van der Waals surface area contributed by atoms with Gasteiger partial charge in [-0.2, -0.15) is 0 Å². The Bertz CT molecular complexity index is 805. The number of rotatable bonds is 9. The van der Waals surface area contributed by atoms with Crippen molar-refractivity contribution in [1.29, 1.82) is 0 Å². The number of carboxylic acid groups (broad SMARTS) is 1. The van der Waals surface area contributed by atoms with E-state index in [2.05, 4.69) is 10.3 Å². The minimum Gasteiger partial charge on any atom is -0.493 e. The van der Waals surface area contributed by atoms with Gasteiger partial charge >= 0.3 is 5.97 Å². The van der Waals surface area contributed by atoms with Gasteiger partial charge in [0.25, 0.3) is 0 Å². The van der Waals surface area contributed by atoms with Crippen LogP contribution in [0.25, 0.3) is 10.6 Å². The summed E-state index contributed by atoms with van der Waals surface area (Å²) in [5.41, 5.74) is 1.45. The lowest BCUT2D eigenvalue weighted by molar-refractivity contribution is -0.143. The molecule has 8 heteroatoms. The fraction of sp³-hybridized carbons (Fsp3) is 0.421. The van der Waals surface area contributed by atoms with Gasteiger partial charge in [-0.25, -0.2) is 9.78 Å². The van der Waals surface area contributed by atoms with Crippen LogP contribution < -0.4 is 14.8 Å². The molecule has 1 amide bonds. The number of ether oxygens (including phenoxy) is 2. The van der Waals surface area contributed by atoms with E-state index in [1.807, 2.05) is 19.1 Å². The van der Waals surface area contributed by atoms with Crippen LogP contribution in [-0.4, -0.2) is 42.2 Å². The summed E-state index contributed by atoms with van der Waals surface area (Å²) in [7, 11) is 3.14. The first-order chi connectivity index (χ1) is 12.9. The second kappa shape index (κ2) is 9.36. The van der Waals surface area contributed by atoms with E-state index in [0.29, 0.717) is 23.6 Å². The van der Waals surface area contributed by atoms with E-state index < -0.39 is 12.0 Å². The molecular formula is C19H24N2O5S. The molecule has 0 saturated carbocycles. The highest BCUT2D eigenvalue weighted by molar-refractivity contribution is 7.13. The molecule has 1 aromatic heterocycles. The predicted molar refractivity (Wildman–Crippen MR) is 103 cm³/mol. The smallest absolute Gasteiger partial charge is 0.326 e. The van der Waals surface area contributed by atoms with E-state index in [1.165, 1.54) is 11.3 Å². The van der Waals surface area contributed by atoms with Crippen molar-refractivity contribution >= 4 is 23.2 Å². The van der Waals surface area contributed by atoms with E-state index in [4.69, 9.17) is 9.47 Å². The normalized spacial score (nSPS) is 12.9. The molecule has 2 aromatic rings. The minimum absolute atomic E-state index is 0.0317. The molecule has 1 heterocycles. The number of benzene rings is 1. The van der Waals surface area contributed by atoms with E-state index in [1.54, 1.807) is 32.6 Å². The Balaban J connectivity index is 2.09. The fourth-order valence-electron chi connectivity index (χ4n) is 2.56. The second-order valence-electron chi connectivity index (χ2n) is 6.16. The van der Waals surface area contributed by atoms with Crippen molar-refractivity contribution < 1.29 is 24.2 Å². The first kappa shape index (κ1) is 20.7. The zero-order valence-corrected chi connectivity index (χ0v) is 16.6. The van der Waals surface area contributed by atoms with Crippen molar-refractivity contribution in [3.63, 3.8) is 0 Å². The van der Waals surface area contributed by atoms with Gasteiger partial charge < -0.3 is 19.9 Å². The van der Waals surface area contributed by atoms with Gasteiger partial charge in [0.05, 0.1) is 26.3 Å². The highest BCUT2D eigenvalue weighted by atomic mass is 32.1. The molecule has 0 aliphatic heterocycles. The lowest BCUT2D eigenvalue weighted by Crippen LogP contribution is -2.45. The Morgan fingerprint density at radius 3 is 2.56 bits per heavy atom. The average molecular weight is 392 g/mol. The predicted octanol–water partition coefficient (Wildman–Crippen LogP) is 2.99. The van der Waals surface area contributed by atoms with Gasteiger partial charge in [0.2, 0.25) is 5.91 Å². The van der Waals surface area contributed by atoms with Crippen LogP contribution in [0.4, 0.5) is 0 Å². The molecule has 2 rings (SSSR count). The number of amides is 1. The Morgan fingerprint density at radius 2 is 1.96 bits per heavy atom. The molecule has 0 aliphatic rings. The molecule has 0 saturated heterocycles. The molecule has 27 heavy (non-hydrogen) atoms. The van der Waals surface area contributed by atoms with E-state index in [9.17, 15) is 14.7 Å². The zero-order chi connectivity index (χ0) is 20.0. The molecular weight excluding hydrogens is 368 g/mol. The largest absolute Gasteiger partial charge is 0.493 e. The van der Waals surface area contributed by atoms with Crippen molar-refractivity contribution in [3.05, 3.63) is 29.3 Å². The molecule has 2 unspecified atom stereocenters. The van der Waals surface area contributed by atoms with Gasteiger partial charge in [-0.05, 0) is 24.1 Å². The summed E-state index contributed by atoms with van der Waals surface area (Å²) in [6.07, 6.45) is 0.696. The van der Waals surface area contributed by atoms with Crippen molar-refractivity contribution in [3.8, 4) is 22.1 Å². The van der Waals surface area contributed by atoms with Gasteiger partial charge in [-0.15, -0.1) is 11.3 Å². The molecule has 146 valence electrons. The Morgan fingerprint density at radius 1 is 1.26 bits per heavy atom. The summed E-state index contributed by atoms with van der Waals surface area (Å²) < 4.78 is 10.5. The van der Waals surface area contributed by atoms with E-state index in [0.717, 1.165) is 10.6 Å². The molecule has 0 aliphatic carbocycles. The van der Waals surface area contributed by atoms with Gasteiger partial charge in [-0.3, -0.25) is 4.79 Å². The maximum atomic E-state index is 12.2. The molecule has 1 aromatic carbocycles. The van der Waals surface area contributed by atoms with Crippen LogP contribution in [0.5, 0.6) is 11.5 Å². The van der Waals surface area contributed by atoms with Crippen LogP contribution in [0.2, 0.25) is 0 Å². The topological polar surface area (TPSA) is 97.8 Å². The SMILES string of the molecule is CCC(C)C(NC(=O)Cc1csc(-c2ccc(OC)c(OC)c2)n1)C(=O)O. The van der Waals surface area contributed by atoms with Crippen molar-refractivity contribution in [2.24, 2.45) is 5.92 Å². The maximum Gasteiger partial charge on any atom is 0.326 e. The first-order valence-electron chi connectivity index (χ1n) is 8.58. The Kier molecular flexibility index (Phi) is 7.18. The van der Waals surface area contributed by atoms with Crippen LogP contribution in [0, 0.1) is 5.92 Å². The third kappa shape index (κ3) is 5.19. The first-order valence-corrected chi connectivity index (χ1v) is 9.46. The van der Waals surface area contributed by atoms with Gasteiger partial charge in [-0.1, -0.05) is 20.3 Å². The van der Waals surface area contributed by atoms with Crippen LogP contribution in [-0.2, 0) is 16.0 Å². The van der Waals surface area contributed by atoms with Crippen LogP contribution >= 0.6 is 11.3 Å². The van der Waals surface area contributed by atoms with Crippen molar-refractivity contribution in [1.82, 2.24) is 10.3 Å². The molecule has 2 atom stereocenters. The molecule has 0 bridgehead atoms. The quantitative estimate of drug-likeness (QED) is 0.681. The summed E-state index contributed by atoms with van der Waals surface area (Å²) in [6.45, 7) is 3.69. The van der Waals surface area contributed by atoms with E-state index >= 15 is 0 Å². The number of hydrogen-bond donors (Lipinski definition) is 2. The molecule has 0 fully saturated rings. The molecule has 7 nitrogen and oxygen atoms in total. The van der Waals surface area contributed by atoms with Crippen LogP contribution in [0.1, 0.15) is 26.0 Å². The van der Waals surface area contributed by atoms with Crippen LogP contribution in [0.15, 0.2) is 23.6 Å². The fourth-order valence-corrected chi connectivity index (χ4v) is 3.38. The molecule has 2 N–H and O–H groups in total. The van der Waals surface area contributed by atoms with Gasteiger partial charge in [0.15, 0.2) is 11.5 Å². The summed E-state index contributed by atoms with van der Waals surface area (Å²) in [5.74, 6) is -0.303. The number of aliphatic carboxylic acids is 1. The second-order valence-corrected chi connectivity index (χ2v) is 7.02. The highest BCUT2D eigenvalue weighted by Crippen LogP contribution is 2.33. The van der Waals surface area contributed by atoms with Crippen molar-refractivity contribution in [2.75, 3.05) is 14.2 Å². The number of nitrogens with zero attached hydrogens (tertiary/aromatic N) is 1. The minimum atomic E-state index is -1.03. The van der Waals surface area contributed by atoms with Gasteiger partial charge in [0, 0.05) is 10.9 Å². The molecule has 0 spiro atoms. The lowest BCUT2D eigenvalue weighted by atomic mass is 9.99. The third-order valence-electron chi connectivity index (χ3n) is 4.32. The standard InChI is InChI=1S/C19H24N2O5S/c1-5-11(2)17(19(23)24)21-16(22)9-13-10-27-18(20-13)12-6-7-14(25-3)15(8-12)26-4/h6-8,10-11,17H,5,9H2,1-4H3,(H,21,22)(H,23,24). The zero-order valence-electron chi connectivity index (χ0n) is 15.8. The number of carbonyl (C=O) groups is 2. The molecule has 0 radical (unpaired) electrons. The number of methoxy groups -OCH3 is 2. The number of carboxylic acids is 1. The number of aromatic nitrogens is 1. The lowest BCUT2D eigenvalue weighted by Gasteiger charge is -2.19. The number of hydrogen-bond acceptors (Lipinski definition) is 6. The average Bonchev–Trinajstić information content (AvgIpc) is 3.12. The third-order valence-corrected chi connectivity index (χ3v) is 5.26. The summed E-state index contributed by atoms with van der Waals surface area (Å²) in [4.78, 5) is 28.1. The Hall–Kier alpha value is -2.61. The van der Waals surface area contributed by atoms with Crippen molar-refractivity contribution in [2.45, 2.75) is 32.7 Å².